The first kappa shape index (κ1) is 27.9. The normalized spacial score (nSPS) is 13.4. The van der Waals surface area contributed by atoms with Crippen LogP contribution in [0.4, 0.5) is 5.69 Å². The Kier molecular flexibility index (Phi) is 8.97. The number of fused-ring (bicyclic) bond motifs is 1. The maximum absolute atomic E-state index is 13.7. The topological polar surface area (TPSA) is 105 Å². The fourth-order valence-corrected chi connectivity index (χ4v) is 5.17. The summed E-state index contributed by atoms with van der Waals surface area (Å²) < 4.78 is 37.8. The number of amides is 2. The number of anilines is 1. The maximum atomic E-state index is 13.7. The molecular formula is C24H29Cl2N3O6S. The standard InChI is InChI=1S/C24H29Cl2N3O6S/c1-5-36(32,33)29(17-9-10-21-22(11-17)35-14-34-21)13-23(30)28(16(4)24(31)27-15(2)3)12-18-19(25)7-6-8-20(18)26/h6-11,15-16H,5,12-14H2,1-4H3,(H,27,31). The quantitative estimate of drug-likeness (QED) is 0.476. The number of nitrogens with zero attached hydrogens (tertiary/aromatic N) is 2. The Morgan fingerprint density at radius 3 is 2.31 bits per heavy atom. The number of hydrogen-bond acceptors (Lipinski definition) is 6. The summed E-state index contributed by atoms with van der Waals surface area (Å²) in [5.74, 6) is -0.385. The molecule has 1 N–H and O–H groups in total. The van der Waals surface area contributed by atoms with Gasteiger partial charge in [-0.1, -0.05) is 29.3 Å². The molecule has 0 spiro atoms. The van der Waals surface area contributed by atoms with Gasteiger partial charge < -0.3 is 19.7 Å². The molecule has 0 fully saturated rings. The number of rotatable bonds is 10. The lowest BCUT2D eigenvalue weighted by Crippen LogP contribution is -2.52. The van der Waals surface area contributed by atoms with Crippen molar-refractivity contribution in [2.24, 2.45) is 0 Å². The van der Waals surface area contributed by atoms with Crippen LogP contribution in [-0.4, -0.2) is 56.3 Å². The van der Waals surface area contributed by atoms with Gasteiger partial charge >= 0.3 is 0 Å². The molecule has 1 aliphatic heterocycles. The van der Waals surface area contributed by atoms with Crippen LogP contribution in [0, 0.1) is 0 Å². The molecule has 0 radical (unpaired) electrons. The van der Waals surface area contributed by atoms with Crippen LogP contribution in [0.15, 0.2) is 36.4 Å². The van der Waals surface area contributed by atoms with Gasteiger partial charge in [0.25, 0.3) is 0 Å². The number of carbonyl (C=O) groups excluding carboxylic acids is 2. The number of ether oxygens (including phenoxy) is 2. The van der Waals surface area contributed by atoms with Gasteiger partial charge in [-0.3, -0.25) is 13.9 Å². The molecule has 1 atom stereocenters. The third-order valence-corrected chi connectivity index (χ3v) is 8.06. The molecule has 12 heteroatoms. The molecule has 1 heterocycles. The van der Waals surface area contributed by atoms with Crippen molar-refractivity contribution in [2.45, 2.75) is 46.3 Å². The van der Waals surface area contributed by atoms with Crippen molar-refractivity contribution in [1.82, 2.24) is 10.2 Å². The minimum absolute atomic E-state index is 0.0209. The summed E-state index contributed by atoms with van der Waals surface area (Å²) in [7, 11) is -3.88. The third-order valence-electron chi connectivity index (χ3n) is 5.61. The van der Waals surface area contributed by atoms with E-state index in [1.165, 1.54) is 24.0 Å². The van der Waals surface area contributed by atoms with E-state index in [-0.39, 0.29) is 30.8 Å². The van der Waals surface area contributed by atoms with E-state index in [1.807, 2.05) is 0 Å². The van der Waals surface area contributed by atoms with Crippen LogP contribution in [0.5, 0.6) is 11.5 Å². The van der Waals surface area contributed by atoms with Gasteiger partial charge in [-0.15, -0.1) is 0 Å². The Hall–Kier alpha value is -2.69. The summed E-state index contributed by atoms with van der Waals surface area (Å²) in [4.78, 5) is 27.8. The van der Waals surface area contributed by atoms with Gasteiger partial charge in [0.1, 0.15) is 12.6 Å². The van der Waals surface area contributed by atoms with Gasteiger partial charge in [-0.2, -0.15) is 0 Å². The van der Waals surface area contributed by atoms with Gasteiger partial charge in [0, 0.05) is 34.3 Å². The number of nitrogens with one attached hydrogen (secondary N) is 1. The molecule has 0 aromatic heterocycles. The van der Waals surface area contributed by atoms with Crippen LogP contribution in [0.1, 0.15) is 33.3 Å². The maximum Gasteiger partial charge on any atom is 0.244 e. The summed E-state index contributed by atoms with van der Waals surface area (Å²) in [5, 5.41) is 3.44. The highest BCUT2D eigenvalue weighted by Gasteiger charge is 2.32. The van der Waals surface area contributed by atoms with Gasteiger partial charge in [-0.25, -0.2) is 8.42 Å². The first-order valence-electron chi connectivity index (χ1n) is 11.4. The second kappa shape index (κ2) is 11.6. The van der Waals surface area contributed by atoms with E-state index in [1.54, 1.807) is 45.0 Å². The molecule has 1 aliphatic rings. The van der Waals surface area contributed by atoms with E-state index in [2.05, 4.69) is 5.32 Å². The average Bonchev–Trinajstić information content (AvgIpc) is 3.29. The van der Waals surface area contributed by atoms with Crippen LogP contribution in [0.3, 0.4) is 0 Å². The molecular weight excluding hydrogens is 529 g/mol. The summed E-state index contributed by atoms with van der Waals surface area (Å²) in [6.45, 7) is 6.04. The van der Waals surface area contributed by atoms with Crippen molar-refractivity contribution in [2.75, 3.05) is 23.4 Å². The van der Waals surface area contributed by atoms with Crippen LogP contribution >= 0.6 is 23.2 Å². The highest BCUT2D eigenvalue weighted by Crippen LogP contribution is 2.36. The van der Waals surface area contributed by atoms with Crippen molar-refractivity contribution in [3.63, 3.8) is 0 Å². The molecule has 36 heavy (non-hydrogen) atoms. The molecule has 0 saturated carbocycles. The second-order valence-corrected chi connectivity index (χ2v) is 11.5. The lowest BCUT2D eigenvalue weighted by atomic mass is 10.1. The molecule has 2 aromatic carbocycles. The zero-order valence-corrected chi connectivity index (χ0v) is 22.8. The lowest BCUT2D eigenvalue weighted by Gasteiger charge is -2.32. The van der Waals surface area contributed by atoms with Crippen LogP contribution in [-0.2, 0) is 26.2 Å². The summed E-state index contributed by atoms with van der Waals surface area (Å²) in [6.07, 6.45) is 0. The number of benzene rings is 2. The molecule has 196 valence electrons. The minimum atomic E-state index is -3.88. The third kappa shape index (κ3) is 6.35. The number of sulfonamides is 1. The van der Waals surface area contributed by atoms with Crippen LogP contribution in [0.2, 0.25) is 10.0 Å². The molecule has 3 rings (SSSR count). The van der Waals surface area contributed by atoms with Gasteiger partial charge in [-0.05, 0) is 52.0 Å². The molecule has 0 bridgehead atoms. The molecule has 9 nitrogen and oxygen atoms in total. The Balaban J connectivity index is 1.98. The van der Waals surface area contributed by atoms with E-state index in [0.29, 0.717) is 27.1 Å². The SMILES string of the molecule is CCS(=O)(=O)N(CC(=O)N(Cc1c(Cl)cccc1Cl)C(C)C(=O)NC(C)C)c1ccc2c(c1)OCO2. The summed E-state index contributed by atoms with van der Waals surface area (Å²) >= 11 is 12.7. The Bertz CT molecular complexity index is 1220. The lowest BCUT2D eigenvalue weighted by molar-refractivity contribution is -0.139. The molecule has 2 aromatic rings. The summed E-state index contributed by atoms with van der Waals surface area (Å²) in [6, 6.07) is 8.47. The van der Waals surface area contributed by atoms with Gasteiger partial charge in [0.05, 0.1) is 11.4 Å². The fraction of sp³-hybridized carbons (Fsp3) is 0.417. The van der Waals surface area contributed by atoms with E-state index >= 15 is 0 Å². The monoisotopic (exact) mass is 557 g/mol. The van der Waals surface area contributed by atoms with E-state index < -0.39 is 34.4 Å². The predicted molar refractivity (Wildman–Crippen MR) is 139 cm³/mol. The zero-order chi connectivity index (χ0) is 26.6. The first-order valence-corrected chi connectivity index (χ1v) is 13.7. The minimum Gasteiger partial charge on any atom is -0.454 e. The number of halogens is 2. The van der Waals surface area contributed by atoms with E-state index in [0.717, 1.165) is 4.31 Å². The predicted octanol–water partition coefficient (Wildman–Crippen LogP) is 3.82. The van der Waals surface area contributed by atoms with Crippen LogP contribution in [0.25, 0.3) is 0 Å². The molecule has 1 unspecified atom stereocenters. The van der Waals surface area contributed by atoms with Crippen LogP contribution < -0.4 is 19.1 Å². The number of carbonyl (C=O) groups is 2. The summed E-state index contributed by atoms with van der Waals surface area (Å²) in [5.41, 5.74) is 0.691. The van der Waals surface area contributed by atoms with Crippen molar-refractivity contribution in [3.05, 3.63) is 52.0 Å². The second-order valence-electron chi connectivity index (χ2n) is 8.51. The highest BCUT2D eigenvalue weighted by atomic mass is 35.5. The molecule has 0 saturated heterocycles. The largest absolute Gasteiger partial charge is 0.454 e. The van der Waals surface area contributed by atoms with Crippen molar-refractivity contribution >= 4 is 50.7 Å². The molecule has 0 aliphatic carbocycles. The smallest absolute Gasteiger partial charge is 0.244 e. The highest BCUT2D eigenvalue weighted by molar-refractivity contribution is 7.92. The Morgan fingerprint density at radius 2 is 1.69 bits per heavy atom. The first-order chi connectivity index (χ1) is 16.9. The van der Waals surface area contributed by atoms with E-state index in [9.17, 15) is 18.0 Å². The zero-order valence-electron chi connectivity index (χ0n) is 20.5. The van der Waals surface area contributed by atoms with E-state index in [4.69, 9.17) is 32.7 Å². The van der Waals surface area contributed by atoms with Crippen molar-refractivity contribution < 1.29 is 27.5 Å². The number of hydrogen-bond donors (Lipinski definition) is 1. The average molecular weight is 558 g/mol. The molecule has 2 amide bonds. The Morgan fingerprint density at radius 1 is 1.06 bits per heavy atom. The Labute approximate surface area is 221 Å². The fourth-order valence-electron chi connectivity index (χ4n) is 3.60. The van der Waals surface area contributed by atoms with Gasteiger partial charge in [0.2, 0.25) is 28.6 Å². The van der Waals surface area contributed by atoms with Crippen molar-refractivity contribution in [3.8, 4) is 11.5 Å². The van der Waals surface area contributed by atoms with Crippen molar-refractivity contribution in [1.29, 1.82) is 0 Å². The van der Waals surface area contributed by atoms with Gasteiger partial charge in [0.15, 0.2) is 11.5 Å².